The van der Waals surface area contributed by atoms with Crippen LogP contribution in [-0.2, 0) is 23.1 Å². The number of benzene rings is 2. The van der Waals surface area contributed by atoms with Crippen LogP contribution in [0.1, 0.15) is 75.3 Å². The Morgan fingerprint density at radius 3 is 2.39 bits per heavy atom. The largest absolute Gasteiger partial charge is 0.360 e. The molecular weight excluding hydrogens is 382 g/mol. The number of fused-ring (bicyclic) bond motifs is 1. The number of nitriles is 1. The van der Waals surface area contributed by atoms with Crippen LogP contribution >= 0.6 is 0 Å². The van der Waals surface area contributed by atoms with Gasteiger partial charge < -0.3 is 10.6 Å². The van der Waals surface area contributed by atoms with Gasteiger partial charge >= 0.3 is 0 Å². The molecule has 0 saturated heterocycles. The lowest BCUT2D eigenvalue weighted by Gasteiger charge is -2.21. The van der Waals surface area contributed by atoms with Gasteiger partial charge in [0.15, 0.2) is 0 Å². The number of aryl methyl sites for hydroxylation is 2. The van der Waals surface area contributed by atoms with E-state index in [1.165, 1.54) is 35.7 Å². The van der Waals surface area contributed by atoms with Gasteiger partial charge in [-0.2, -0.15) is 5.26 Å². The fourth-order valence-electron chi connectivity index (χ4n) is 4.00. The summed E-state index contributed by atoms with van der Waals surface area (Å²) in [7, 11) is 0. The van der Waals surface area contributed by atoms with E-state index in [9.17, 15) is 10.1 Å². The predicted molar refractivity (Wildman–Crippen MR) is 127 cm³/mol. The van der Waals surface area contributed by atoms with E-state index in [1.807, 2.05) is 18.2 Å². The Hall–Kier alpha value is -3.06. The van der Waals surface area contributed by atoms with Crippen LogP contribution in [0, 0.1) is 11.3 Å². The van der Waals surface area contributed by atoms with Crippen molar-refractivity contribution in [3.05, 3.63) is 76.5 Å². The van der Waals surface area contributed by atoms with Crippen LogP contribution in [0.2, 0.25) is 0 Å². The van der Waals surface area contributed by atoms with Crippen LogP contribution in [0.5, 0.6) is 0 Å². The van der Waals surface area contributed by atoms with Crippen LogP contribution < -0.4 is 10.6 Å². The first-order valence-electron chi connectivity index (χ1n) is 11.2. The van der Waals surface area contributed by atoms with Crippen LogP contribution in [0.25, 0.3) is 0 Å². The van der Waals surface area contributed by atoms with Crippen LogP contribution in [0.15, 0.2) is 54.2 Å². The average Bonchev–Trinajstić information content (AvgIpc) is 2.77. The molecule has 0 aromatic heterocycles. The number of nitrogens with one attached hydrogen (secondary N) is 2. The lowest BCUT2D eigenvalue weighted by atomic mass is 9.87. The first kappa shape index (κ1) is 22.6. The Morgan fingerprint density at radius 1 is 1.10 bits per heavy atom. The molecule has 162 valence electrons. The Kier molecular flexibility index (Phi) is 7.17. The first-order chi connectivity index (χ1) is 14.8. The molecule has 0 radical (unpaired) electrons. The van der Waals surface area contributed by atoms with Crippen molar-refractivity contribution in [3.63, 3.8) is 0 Å². The maximum atomic E-state index is 12.8. The van der Waals surface area contributed by atoms with Crippen molar-refractivity contribution in [2.45, 2.75) is 71.3 Å². The number of amides is 1. The van der Waals surface area contributed by atoms with E-state index in [0.29, 0.717) is 0 Å². The molecule has 0 bridgehead atoms. The van der Waals surface area contributed by atoms with Gasteiger partial charge in [-0.05, 0) is 71.9 Å². The van der Waals surface area contributed by atoms with Crippen molar-refractivity contribution < 1.29 is 4.79 Å². The molecule has 1 aliphatic carbocycles. The van der Waals surface area contributed by atoms with E-state index in [4.69, 9.17) is 0 Å². The zero-order valence-electron chi connectivity index (χ0n) is 19.1. The Bertz CT molecular complexity index is 991. The number of carbonyl (C=O) groups is 1. The summed E-state index contributed by atoms with van der Waals surface area (Å²) in [5.74, 6) is -0.356. The fraction of sp³-hybridized carbons (Fsp3) is 0.407. The first-order valence-corrected chi connectivity index (χ1v) is 11.2. The number of anilines is 1. The van der Waals surface area contributed by atoms with Gasteiger partial charge in [0.25, 0.3) is 5.91 Å². The molecule has 0 spiro atoms. The van der Waals surface area contributed by atoms with Gasteiger partial charge in [0.1, 0.15) is 11.6 Å². The monoisotopic (exact) mass is 415 g/mol. The van der Waals surface area contributed by atoms with Crippen molar-refractivity contribution in [1.82, 2.24) is 5.32 Å². The molecule has 4 heteroatoms. The smallest absolute Gasteiger partial charge is 0.263 e. The van der Waals surface area contributed by atoms with Gasteiger partial charge in [-0.3, -0.25) is 4.79 Å². The second-order valence-electron chi connectivity index (χ2n) is 9.31. The van der Waals surface area contributed by atoms with Crippen LogP contribution in [0.4, 0.5) is 5.69 Å². The molecule has 2 aromatic carbocycles. The third-order valence-electron chi connectivity index (χ3n) is 5.99. The van der Waals surface area contributed by atoms with E-state index in [0.717, 1.165) is 30.5 Å². The van der Waals surface area contributed by atoms with Gasteiger partial charge in [-0.15, -0.1) is 0 Å². The van der Waals surface area contributed by atoms with Crippen molar-refractivity contribution in [3.8, 4) is 6.07 Å². The summed E-state index contributed by atoms with van der Waals surface area (Å²) in [6.07, 6.45) is 6.98. The minimum absolute atomic E-state index is 0.0660. The maximum Gasteiger partial charge on any atom is 0.263 e. The van der Waals surface area contributed by atoms with Crippen molar-refractivity contribution in [2.24, 2.45) is 0 Å². The van der Waals surface area contributed by atoms with Crippen molar-refractivity contribution in [1.29, 1.82) is 5.26 Å². The van der Waals surface area contributed by atoms with E-state index in [2.05, 4.69) is 68.7 Å². The number of nitrogens with zero attached hydrogens (tertiary/aromatic N) is 1. The topological polar surface area (TPSA) is 64.9 Å². The molecule has 0 aliphatic heterocycles. The van der Waals surface area contributed by atoms with E-state index < -0.39 is 0 Å². The molecule has 1 atom stereocenters. The van der Waals surface area contributed by atoms with E-state index in [1.54, 1.807) is 0 Å². The molecule has 4 nitrogen and oxygen atoms in total. The minimum Gasteiger partial charge on any atom is -0.360 e. The molecule has 0 saturated carbocycles. The third-order valence-corrected chi connectivity index (χ3v) is 5.99. The Labute approximate surface area is 186 Å². The SMILES string of the molecule is CCC(NC(=O)/C(C#N)=C\Nc1ccc(C(C)(C)C)cc1)c1ccc2c(c1)CCCC2. The number of rotatable bonds is 6. The Morgan fingerprint density at radius 2 is 1.77 bits per heavy atom. The molecule has 2 N–H and O–H groups in total. The highest BCUT2D eigenvalue weighted by molar-refractivity contribution is 5.97. The van der Waals surface area contributed by atoms with Gasteiger partial charge in [0.05, 0.1) is 6.04 Å². The molecule has 1 aliphatic rings. The normalized spacial score (nSPS) is 14.9. The van der Waals surface area contributed by atoms with Gasteiger partial charge in [0, 0.05) is 11.9 Å². The van der Waals surface area contributed by atoms with Crippen molar-refractivity contribution in [2.75, 3.05) is 5.32 Å². The van der Waals surface area contributed by atoms with Gasteiger partial charge in [-0.1, -0.05) is 58.0 Å². The summed E-state index contributed by atoms with van der Waals surface area (Å²) in [6, 6.07) is 16.5. The highest BCUT2D eigenvalue weighted by Gasteiger charge is 2.18. The molecule has 2 aromatic rings. The lowest BCUT2D eigenvalue weighted by Crippen LogP contribution is -2.29. The number of carbonyl (C=O) groups excluding carboxylic acids is 1. The minimum atomic E-state index is -0.356. The third kappa shape index (κ3) is 5.76. The summed E-state index contributed by atoms with van der Waals surface area (Å²) in [5.41, 5.74) is 6.16. The predicted octanol–water partition coefficient (Wildman–Crippen LogP) is 5.95. The van der Waals surface area contributed by atoms with Crippen LogP contribution in [-0.4, -0.2) is 5.91 Å². The summed E-state index contributed by atoms with van der Waals surface area (Å²) in [4.78, 5) is 12.8. The highest BCUT2D eigenvalue weighted by Crippen LogP contribution is 2.26. The second-order valence-corrected chi connectivity index (χ2v) is 9.31. The van der Waals surface area contributed by atoms with E-state index in [-0.39, 0.29) is 22.9 Å². The van der Waals surface area contributed by atoms with Gasteiger partial charge in [-0.25, -0.2) is 0 Å². The molecule has 0 heterocycles. The van der Waals surface area contributed by atoms with Gasteiger partial charge in [0.2, 0.25) is 0 Å². The number of hydrogen-bond acceptors (Lipinski definition) is 3. The maximum absolute atomic E-state index is 12.8. The summed E-state index contributed by atoms with van der Waals surface area (Å²) < 4.78 is 0. The zero-order valence-corrected chi connectivity index (χ0v) is 19.1. The number of hydrogen-bond donors (Lipinski definition) is 2. The molecule has 0 fully saturated rings. The fourth-order valence-corrected chi connectivity index (χ4v) is 4.00. The molecule has 1 amide bonds. The average molecular weight is 416 g/mol. The molecular formula is C27H33N3O. The van der Waals surface area contributed by atoms with Crippen molar-refractivity contribution >= 4 is 11.6 Å². The highest BCUT2D eigenvalue weighted by atomic mass is 16.1. The van der Waals surface area contributed by atoms with Crippen LogP contribution in [0.3, 0.4) is 0 Å². The lowest BCUT2D eigenvalue weighted by molar-refractivity contribution is -0.117. The standard InChI is InChI=1S/C27H33N3O/c1-5-25(21-11-10-19-8-6-7-9-20(19)16-21)30-26(31)22(17-28)18-29-24-14-12-23(13-15-24)27(2,3)4/h10-16,18,25,29H,5-9H2,1-4H3,(H,30,31)/b22-18-. The zero-order chi connectivity index (χ0) is 22.4. The molecule has 31 heavy (non-hydrogen) atoms. The summed E-state index contributed by atoms with van der Waals surface area (Å²) in [5, 5.41) is 15.6. The Balaban J connectivity index is 1.68. The molecule has 3 rings (SSSR count). The summed E-state index contributed by atoms with van der Waals surface area (Å²) >= 11 is 0. The molecule has 1 unspecified atom stereocenters. The summed E-state index contributed by atoms with van der Waals surface area (Å²) in [6.45, 7) is 8.55. The quantitative estimate of drug-likeness (QED) is 0.453. The van der Waals surface area contributed by atoms with E-state index >= 15 is 0 Å². The second kappa shape index (κ2) is 9.83.